The van der Waals surface area contributed by atoms with Crippen LogP contribution in [-0.2, 0) is 6.61 Å². The van der Waals surface area contributed by atoms with E-state index in [9.17, 15) is 4.39 Å². The van der Waals surface area contributed by atoms with Crippen LogP contribution in [0.2, 0.25) is 5.02 Å². The first kappa shape index (κ1) is 16.4. The first-order chi connectivity index (χ1) is 12.2. The van der Waals surface area contributed by atoms with Gasteiger partial charge in [-0.05, 0) is 49.5 Å². The van der Waals surface area contributed by atoms with Crippen molar-refractivity contribution in [2.24, 2.45) is 0 Å². The molecule has 1 aliphatic heterocycles. The minimum absolute atomic E-state index is 0.308. The molecule has 0 spiro atoms. The van der Waals surface area contributed by atoms with E-state index in [4.69, 9.17) is 20.8 Å². The van der Waals surface area contributed by atoms with Crippen molar-refractivity contribution in [3.05, 3.63) is 64.6 Å². The maximum atomic E-state index is 13.5. The number of para-hydroxylation sites is 1. The van der Waals surface area contributed by atoms with E-state index in [0.717, 1.165) is 37.2 Å². The highest BCUT2D eigenvalue weighted by Crippen LogP contribution is 2.34. The first-order valence-electron chi connectivity index (χ1n) is 8.51. The second kappa shape index (κ2) is 7.06. The number of rotatable bonds is 4. The molecule has 1 aliphatic rings. The molecule has 0 aliphatic carbocycles. The van der Waals surface area contributed by atoms with E-state index >= 15 is 0 Å². The zero-order chi connectivity index (χ0) is 17.2. The van der Waals surface area contributed by atoms with Crippen LogP contribution < -0.4 is 10.1 Å². The van der Waals surface area contributed by atoms with Crippen LogP contribution in [0.25, 0.3) is 11.0 Å². The molecule has 0 amide bonds. The second-order valence-corrected chi connectivity index (χ2v) is 6.76. The molecule has 0 saturated carbocycles. The van der Waals surface area contributed by atoms with Gasteiger partial charge in [-0.25, -0.2) is 0 Å². The van der Waals surface area contributed by atoms with Gasteiger partial charge in [0.1, 0.15) is 17.9 Å². The standard InChI is InChI=1S/C20H19ClFNO2/c21-17-6-5-14(20-16(17)11-19(22)25-20)12-24-18-4-2-1-3-15(18)13-7-9-23-10-8-13/h1-6,11,13,23H,7-10,12H2. The number of nitrogens with one attached hydrogen (secondary N) is 1. The Labute approximate surface area is 150 Å². The Kier molecular flexibility index (Phi) is 4.64. The number of fused-ring (bicyclic) bond motifs is 1. The minimum Gasteiger partial charge on any atom is -0.488 e. The summed E-state index contributed by atoms with van der Waals surface area (Å²) in [5.41, 5.74) is 2.47. The van der Waals surface area contributed by atoms with Gasteiger partial charge in [0.2, 0.25) is 0 Å². The van der Waals surface area contributed by atoms with Crippen LogP contribution in [0.15, 0.2) is 46.9 Å². The normalized spacial score (nSPS) is 15.6. The number of hydrogen-bond donors (Lipinski definition) is 1. The second-order valence-electron chi connectivity index (χ2n) is 6.35. The first-order valence-corrected chi connectivity index (χ1v) is 8.89. The molecule has 0 bridgehead atoms. The quantitative estimate of drug-likeness (QED) is 0.689. The number of ether oxygens (including phenoxy) is 1. The number of furan rings is 1. The predicted molar refractivity (Wildman–Crippen MR) is 96.8 cm³/mol. The van der Waals surface area contributed by atoms with Gasteiger partial charge in [0.15, 0.2) is 0 Å². The fraction of sp³-hybridized carbons (Fsp3) is 0.300. The third-order valence-corrected chi connectivity index (χ3v) is 5.09. The number of piperidine rings is 1. The average molecular weight is 360 g/mol. The summed E-state index contributed by atoms with van der Waals surface area (Å²) in [6.07, 6.45) is 2.21. The Balaban J connectivity index is 1.59. The molecule has 1 N–H and O–H groups in total. The molecule has 0 unspecified atom stereocenters. The predicted octanol–water partition coefficient (Wildman–Crippen LogP) is 5.27. The molecule has 2 heterocycles. The molecule has 2 aromatic carbocycles. The smallest absolute Gasteiger partial charge is 0.278 e. The van der Waals surface area contributed by atoms with E-state index in [2.05, 4.69) is 11.4 Å². The van der Waals surface area contributed by atoms with Gasteiger partial charge in [0, 0.05) is 17.0 Å². The van der Waals surface area contributed by atoms with E-state index in [1.165, 1.54) is 11.6 Å². The van der Waals surface area contributed by atoms with Crippen molar-refractivity contribution in [1.29, 1.82) is 0 Å². The minimum atomic E-state index is -0.639. The van der Waals surface area contributed by atoms with E-state index in [1.807, 2.05) is 24.3 Å². The van der Waals surface area contributed by atoms with Gasteiger partial charge < -0.3 is 14.5 Å². The monoisotopic (exact) mass is 359 g/mol. The Morgan fingerprint density at radius 1 is 1.16 bits per heavy atom. The molecule has 0 radical (unpaired) electrons. The van der Waals surface area contributed by atoms with Gasteiger partial charge in [0.05, 0.1) is 5.02 Å². The summed E-state index contributed by atoms with van der Waals surface area (Å²) in [6.45, 7) is 2.37. The third kappa shape index (κ3) is 3.37. The Hall–Kier alpha value is -2.04. The average Bonchev–Trinajstić information content (AvgIpc) is 3.05. The zero-order valence-corrected chi connectivity index (χ0v) is 14.5. The largest absolute Gasteiger partial charge is 0.488 e. The lowest BCUT2D eigenvalue weighted by Gasteiger charge is -2.25. The van der Waals surface area contributed by atoms with Crippen molar-refractivity contribution in [2.45, 2.75) is 25.4 Å². The van der Waals surface area contributed by atoms with Crippen molar-refractivity contribution in [1.82, 2.24) is 5.32 Å². The van der Waals surface area contributed by atoms with Gasteiger partial charge in [0.25, 0.3) is 6.01 Å². The van der Waals surface area contributed by atoms with Crippen molar-refractivity contribution < 1.29 is 13.5 Å². The van der Waals surface area contributed by atoms with Crippen molar-refractivity contribution in [3.8, 4) is 5.75 Å². The van der Waals surface area contributed by atoms with E-state index in [0.29, 0.717) is 28.5 Å². The Bertz CT molecular complexity index is 887. The van der Waals surface area contributed by atoms with Crippen molar-refractivity contribution >= 4 is 22.6 Å². The topological polar surface area (TPSA) is 34.4 Å². The van der Waals surface area contributed by atoms with Crippen LogP contribution in [0.5, 0.6) is 5.75 Å². The summed E-state index contributed by atoms with van der Waals surface area (Å²) in [7, 11) is 0. The molecule has 1 saturated heterocycles. The molecule has 25 heavy (non-hydrogen) atoms. The molecular formula is C20H19ClFNO2. The zero-order valence-electron chi connectivity index (χ0n) is 13.7. The molecule has 0 atom stereocenters. The summed E-state index contributed by atoms with van der Waals surface area (Å²) in [6, 6.07) is 12.4. The van der Waals surface area contributed by atoms with Crippen LogP contribution in [0, 0.1) is 6.01 Å². The lowest BCUT2D eigenvalue weighted by Crippen LogP contribution is -2.26. The van der Waals surface area contributed by atoms with E-state index in [1.54, 1.807) is 6.07 Å². The summed E-state index contributed by atoms with van der Waals surface area (Å²) in [5, 5.41) is 4.44. The molecular weight excluding hydrogens is 341 g/mol. The molecule has 3 aromatic rings. The van der Waals surface area contributed by atoms with Gasteiger partial charge in [-0.15, -0.1) is 0 Å². The fourth-order valence-corrected chi connectivity index (χ4v) is 3.67. The van der Waals surface area contributed by atoms with Gasteiger partial charge in [-0.1, -0.05) is 35.9 Å². The third-order valence-electron chi connectivity index (χ3n) is 4.76. The molecule has 5 heteroatoms. The summed E-state index contributed by atoms with van der Waals surface area (Å²) < 4.78 is 24.7. The highest BCUT2D eigenvalue weighted by atomic mass is 35.5. The fourth-order valence-electron chi connectivity index (χ4n) is 3.47. The summed E-state index contributed by atoms with van der Waals surface area (Å²) in [5.74, 6) is 1.38. The Morgan fingerprint density at radius 2 is 1.96 bits per heavy atom. The molecule has 130 valence electrons. The molecule has 3 nitrogen and oxygen atoms in total. The summed E-state index contributed by atoms with van der Waals surface area (Å²) >= 11 is 6.11. The molecule has 4 rings (SSSR count). The lowest BCUT2D eigenvalue weighted by molar-refractivity contribution is 0.295. The van der Waals surface area contributed by atoms with Gasteiger partial charge in [-0.3, -0.25) is 0 Å². The molecule has 1 aromatic heterocycles. The van der Waals surface area contributed by atoms with Crippen LogP contribution in [0.3, 0.4) is 0 Å². The van der Waals surface area contributed by atoms with Crippen LogP contribution >= 0.6 is 11.6 Å². The molecule has 1 fully saturated rings. The van der Waals surface area contributed by atoms with E-state index < -0.39 is 6.01 Å². The van der Waals surface area contributed by atoms with Gasteiger partial charge >= 0.3 is 0 Å². The van der Waals surface area contributed by atoms with E-state index in [-0.39, 0.29) is 0 Å². The number of hydrogen-bond acceptors (Lipinski definition) is 3. The van der Waals surface area contributed by atoms with Crippen molar-refractivity contribution in [2.75, 3.05) is 13.1 Å². The maximum absolute atomic E-state index is 13.5. The number of benzene rings is 2. The highest BCUT2D eigenvalue weighted by molar-refractivity contribution is 6.35. The SMILES string of the molecule is Fc1cc2c(Cl)ccc(COc3ccccc3C3CCNCC3)c2o1. The van der Waals surface area contributed by atoms with Crippen LogP contribution in [-0.4, -0.2) is 13.1 Å². The van der Waals surface area contributed by atoms with Crippen LogP contribution in [0.4, 0.5) is 4.39 Å². The maximum Gasteiger partial charge on any atom is 0.278 e. The Morgan fingerprint density at radius 3 is 2.80 bits per heavy atom. The highest BCUT2D eigenvalue weighted by Gasteiger charge is 2.19. The van der Waals surface area contributed by atoms with Gasteiger partial charge in [-0.2, -0.15) is 4.39 Å². The number of halogens is 2. The summed E-state index contributed by atoms with van der Waals surface area (Å²) in [4.78, 5) is 0. The lowest BCUT2D eigenvalue weighted by atomic mass is 9.89. The van der Waals surface area contributed by atoms with Crippen molar-refractivity contribution in [3.63, 3.8) is 0 Å². The van der Waals surface area contributed by atoms with Crippen LogP contribution in [0.1, 0.15) is 29.9 Å².